The second-order valence-corrected chi connectivity index (χ2v) is 6.06. The van der Waals surface area contributed by atoms with Crippen molar-refractivity contribution >= 4 is 39.6 Å². The number of ether oxygens (including phenoxy) is 1. The van der Waals surface area contributed by atoms with Crippen molar-refractivity contribution in [2.45, 2.75) is 17.9 Å². The van der Waals surface area contributed by atoms with Gasteiger partial charge in [0.25, 0.3) is 0 Å². The predicted octanol–water partition coefficient (Wildman–Crippen LogP) is 2.39. The van der Waals surface area contributed by atoms with Gasteiger partial charge in [-0.15, -0.1) is 11.8 Å². The number of hydrogen-bond acceptors (Lipinski definition) is 4. The maximum absolute atomic E-state index is 11.7. The van der Waals surface area contributed by atoms with Crippen LogP contribution in [0.15, 0.2) is 27.6 Å². The van der Waals surface area contributed by atoms with Gasteiger partial charge in [0.2, 0.25) is 5.91 Å². The molecule has 0 fully saturated rings. The summed E-state index contributed by atoms with van der Waals surface area (Å²) < 4.78 is 5.45. The number of nitrogens with one attached hydrogen (secondary N) is 1. The summed E-state index contributed by atoms with van der Waals surface area (Å²) >= 11 is 4.47. The molecule has 110 valence electrons. The first-order chi connectivity index (χ1) is 9.43. The van der Waals surface area contributed by atoms with Crippen LogP contribution in [0.3, 0.4) is 0 Å². The highest BCUT2D eigenvalue weighted by atomic mass is 79.9. The van der Waals surface area contributed by atoms with Crippen molar-refractivity contribution in [2.24, 2.45) is 0 Å². The minimum atomic E-state index is -1.00. The molecule has 0 aliphatic rings. The number of benzene rings is 1. The first-order valence-electron chi connectivity index (χ1n) is 5.88. The van der Waals surface area contributed by atoms with E-state index in [1.807, 2.05) is 6.92 Å². The van der Waals surface area contributed by atoms with Gasteiger partial charge in [0.15, 0.2) is 0 Å². The van der Waals surface area contributed by atoms with E-state index in [-0.39, 0.29) is 23.3 Å². The fourth-order valence-corrected chi connectivity index (χ4v) is 2.68. The largest absolute Gasteiger partial charge is 0.478 e. The molecule has 2 N–H and O–H groups in total. The summed E-state index contributed by atoms with van der Waals surface area (Å²) in [7, 11) is 1.58. The molecule has 1 aromatic carbocycles. The van der Waals surface area contributed by atoms with Gasteiger partial charge < -0.3 is 15.2 Å². The molecule has 0 spiro atoms. The van der Waals surface area contributed by atoms with Gasteiger partial charge >= 0.3 is 5.97 Å². The van der Waals surface area contributed by atoms with Gasteiger partial charge in [0, 0.05) is 22.5 Å². The Labute approximate surface area is 130 Å². The van der Waals surface area contributed by atoms with E-state index >= 15 is 0 Å². The molecule has 1 amide bonds. The van der Waals surface area contributed by atoms with Crippen LogP contribution < -0.4 is 5.32 Å². The monoisotopic (exact) mass is 361 g/mol. The number of thioether (sulfide) groups is 1. The van der Waals surface area contributed by atoms with E-state index in [0.29, 0.717) is 11.1 Å². The van der Waals surface area contributed by atoms with Gasteiger partial charge in [-0.2, -0.15) is 0 Å². The summed E-state index contributed by atoms with van der Waals surface area (Å²) in [6, 6.07) is 4.93. The molecule has 0 bridgehead atoms. The molecule has 20 heavy (non-hydrogen) atoms. The zero-order valence-electron chi connectivity index (χ0n) is 11.2. The Morgan fingerprint density at radius 1 is 1.50 bits per heavy atom. The molecule has 7 heteroatoms. The molecule has 0 aliphatic heterocycles. The van der Waals surface area contributed by atoms with E-state index in [1.54, 1.807) is 25.3 Å². The second kappa shape index (κ2) is 8.28. The number of amides is 1. The standard InChI is InChI=1S/C13H16BrNO4S/c1-8(6-19-2)15-12(16)7-20-9-3-4-11(14)10(5-9)13(17)18/h3-5,8H,6-7H2,1-2H3,(H,15,16)(H,17,18). The number of methoxy groups -OCH3 is 1. The maximum atomic E-state index is 11.7. The van der Waals surface area contributed by atoms with Crippen LogP contribution in [0.25, 0.3) is 0 Å². The number of aromatic carboxylic acids is 1. The highest BCUT2D eigenvalue weighted by Gasteiger charge is 2.11. The molecular formula is C13H16BrNO4S. The number of carboxylic acids is 1. The Hall–Kier alpha value is -1.05. The molecule has 0 aromatic heterocycles. The molecule has 5 nitrogen and oxygen atoms in total. The molecule has 1 aromatic rings. The number of carboxylic acid groups (broad SMARTS) is 1. The van der Waals surface area contributed by atoms with E-state index in [0.717, 1.165) is 4.90 Å². The van der Waals surface area contributed by atoms with Crippen molar-refractivity contribution in [1.29, 1.82) is 0 Å². The number of halogens is 1. The third-order valence-corrected chi connectivity index (χ3v) is 4.05. The summed E-state index contributed by atoms with van der Waals surface area (Å²) in [5.41, 5.74) is 0.183. The Bertz CT molecular complexity index is 495. The van der Waals surface area contributed by atoms with Crippen molar-refractivity contribution < 1.29 is 19.4 Å². The average Bonchev–Trinajstić information content (AvgIpc) is 2.37. The Balaban J connectivity index is 2.55. The topological polar surface area (TPSA) is 75.6 Å². The Kier molecular flexibility index (Phi) is 7.04. The average molecular weight is 362 g/mol. The fourth-order valence-electron chi connectivity index (χ4n) is 1.52. The van der Waals surface area contributed by atoms with Crippen molar-refractivity contribution in [3.05, 3.63) is 28.2 Å². The van der Waals surface area contributed by atoms with Gasteiger partial charge in [0.1, 0.15) is 0 Å². The zero-order valence-corrected chi connectivity index (χ0v) is 13.6. The first-order valence-corrected chi connectivity index (χ1v) is 7.66. The van der Waals surface area contributed by atoms with Gasteiger partial charge in [-0.1, -0.05) is 0 Å². The van der Waals surface area contributed by atoms with Crippen LogP contribution in [0, 0.1) is 0 Å². The van der Waals surface area contributed by atoms with E-state index in [1.165, 1.54) is 11.8 Å². The van der Waals surface area contributed by atoms with Crippen LogP contribution >= 0.6 is 27.7 Å². The van der Waals surface area contributed by atoms with Crippen LogP contribution in [0.5, 0.6) is 0 Å². The SMILES string of the molecule is COCC(C)NC(=O)CSc1ccc(Br)c(C(=O)O)c1. The fraction of sp³-hybridized carbons (Fsp3) is 0.385. The third kappa shape index (κ3) is 5.52. The predicted molar refractivity (Wildman–Crippen MR) is 81.3 cm³/mol. The van der Waals surface area contributed by atoms with Crippen molar-refractivity contribution in [2.75, 3.05) is 19.5 Å². The first kappa shape index (κ1) is 17.0. The Morgan fingerprint density at radius 3 is 2.80 bits per heavy atom. The quantitative estimate of drug-likeness (QED) is 0.729. The smallest absolute Gasteiger partial charge is 0.336 e. The summed E-state index contributed by atoms with van der Waals surface area (Å²) in [5.74, 6) is -0.883. The molecule has 1 rings (SSSR count). The summed E-state index contributed by atoms with van der Waals surface area (Å²) in [4.78, 5) is 23.4. The van der Waals surface area contributed by atoms with Gasteiger partial charge in [0.05, 0.1) is 17.9 Å². The molecule has 1 atom stereocenters. The number of carbonyl (C=O) groups is 2. The second-order valence-electron chi connectivity index (χ2n) is 4.16. The van der Waals surface area contributed by atoms with E-state index in [4.69, 9.17) is 9.84 Å². The summed E-state index contributed by atoms with van der Waals surface area (Å²) in [6.07, 6.45) is 0. The van der Waals surface area contributed by atoms with Crippen LogP contribution in [0.2, 0.25) is 0 Å². The molecular weight excluding hydrogens is 346 g/mol. The zero-order chi connectivity index (χ0) is 15.1. The summed E-state index contributed by atoms with van der Waals surface area (Å²) in [5, 5.41) is 11.8. The molecule has 1 unspecified atom stereocenters. The van der Waals surface area contributed by atoms with Crippen LogP contribution in [0.4, 0.5) is 0 Å². The lowest BCUT2D eigenvalue weighted by Gasteiger charge is -2.12. The van der Waals surface area contributed by atoms with E-state index in [2.05, 4.69) is 21.2 Å². The number of carbonyl (C=O) groups excluding carboxylic acids is 1. The van der Waals surface area contributed by atoms with Crippen molar-refractivity contribution in [3.63, 3.8) is 0 Å². The lowest BCUT2D eigenvalue weighted by Crippen LogP contribution is -2.36. The van der Waals surface area contributed by atoms with Gasteiger partial charge in [-0.3, -0.25) is 4.79 Å². The number of hydrogen-bond donors (Lipinski definition) is 2. The molecule has 0 radical (unpaired) electrons. The minimum Gasteiger partial charge on any atom is -0.478 e. The van der Waals surface area contributed by atoms with E-state index < -0.39 is 5.97 Å². The lowest BCUT2D eigenvalue weighted by molar-refractivity contribution is -0.119. The summed E-state index contributed by atoms with van der Waals surface area (Å²) in [6.45, 7) is 2.31. The van der Waals surface area contributed by atoms with Crippen LogP contribution in [-0.2, 0) is 9.53 Å². The number of rotatable bonds is 7. The van der Waals surface area contributed by atoms with Crippen LogP contribution in [-0.4, -0.2) is 42.5 Å². The van der Waals surface area contributed by atoms with Crippen molar-refractivity contribution in [1.82, 2.24) is 5.32 Å². The third-order valence-electron chi connectivity index (χ3n) is 2.36. The van der Waals surface area contributed by atoms with Gasteiger partial charge in [-0.25, -0.2) is 4.79 Å². The molecule has 0 aliphatic carbocycles. The van der Waals surface area contributed by atoms with Crippen molar-refractivity contribution in [3.8, 4) is 0 Å². The normalized spacial score (nSPS) is 11.9. The molecule has 0 saturated heterocycles. The van der Waals surface area contributed by atoms with Crippen LogP contribution in [0.1, 0.15) is 17.3 Å². The minimum absolute atomic E-state index is 0.0485. The molecule has 0 heterocycles. The Morgan fingerprint density at radius 2 is 2.20 bits per heavy atom. The highest BCUT2D eigenvalue weighted by Crippen LogP contribution is 2.24. The van der Waals surface area contributed by atoms with Gasteiger partial charge in [-0.05, 0) is 41.1 Å². The maximum Gasteiger partial charge on any atom is 0.336 e. The lowest BCUT2D eigenvalue weighted by atomic mass is 10.2. The molecule has 0 saturated carbocycles. The van der Waals surface area contributed by atoms with E-state index in [9.17, 15) is 9.59 Å². The highest BCUT2D eigenvalue weighted by molar-refractivity contribution is 9.10.